The summed E-state index contributed by atoms with van der Waals surface area (Å²) in [6, 6.07) is 24.7. The minimum absolute atomic E-state index is 0.0695. The fraction of sp³-hybridized carbons (Fsp3) is 0.222. The number of para-hydroxylation sites is 2. The van der Waals surface area contributed by atoms with Gasteiger partial charge in [-0.25, -0.2) is 4.98 Å². The molecule has 0 unspecified atom stereocenters. The van der Waals surface area contributed by atoms with Crippen molar-refractivity contribution in [3.63, 3.8) is 0 Å². The van der Waals surface area contributed by atoms with Crippen LogP contribution in [0.4, 0.5) is 5.95 Å². The Balaban J connectivity index is 1.35. The number of anilines is 1. The highest BCUT2D eigenvalue weighted by Gasteiger charge is 2.40. The van der Waals surface area contributed by atoms with Gasteiger partial charge >= 0.3 is 0 Å². The highest BCUT2D eigenvalue weighted by molar-refractivity contribution is 6.03. The molecule has 0 radical (unpaired) electrons. The third-order valence-electron chi connectivity index (χ3n) is 6.14. The Hall–Kier alpha value is -4.13. The molecule has 0 saturated heterocycles. The van der Waals surface area contributed by atoms with Crippen molar-refractivity contribution < 1.29 is 14.3 Å². The zero-order valence-electron chi connectivity index (χ0n) is 19.0. The number of amides is 2. The van der Waals surface area contributed by atoms with E-state index in [4.69, 9.17) is 9.72 Å². The van der Waals surface area contributed by atoms with Gasteiger partial charge in [0, 0.05) is 6.54 Å². The van der Waals surface area contributed by atoms with E-state index in [2.05, 4.69) is 5.32 Å². The largest absolute Gasteiger partial charge is 0.497 e. The number of aromatic nitrogens is 2. The molecule has 172 valence electrons. The van der Waals surface area contributed by atoms with Gasteiger partial charge in [-0.05, 0) is 41.8 Å². The minimum Gasteiger partial charge on any atom is -0.497 e. The van der Waals surface area contributed by atoms with Crippen molar-refractivity contribution in [1.82, 2.24) is 14.9 Å². The number of methoxy groups -OCH3 is 1. The zero-order chi connectivity index (χ0) is 23.5. The molecule has 7 nitrogen and oxygen atoms in total. The summed E-state index contributed by atoms with van der Waals surface area (Å²) in [5.74, 6) is 1.06. The highest BCUT2D eigenvalue weighted by atomic mass is 16.5. The summed E-state index contributed by atoms with van der Waals surface area (Å²) in [7, 11) is 1.62. The smallest absolute Gasteiger partial charge is 0.253 e. The van der Waals surface area contributed by atoms with Crippen LogP contribution < -0.4 is 15.0 Å². The Labute approximate surface area is 198 Å². The molecule has 4 aromatic rings. The fourth-order valence-corrected chi connectivity index (χ4v) is 4.40. The van der Waals surface area contributed by atoms with Crippen LogP contribution >= 0.6 is 0 Å². The third-order valence-corrected chi connectivity index (χ3v) is 6.14. The summed E-state index contributed by atoms with van der Waals surface area (Å²) < 4.78 is 7.14. The SMILES string of the molecule is COc1ccc(CN2C(=O)[C@H](CC(=O)NCCc3ccccc3)n3c2nc2ccccc23)cc1. The van der Waals surface area contributed by atoms with Crippen LogP contribution in [-0.4, -0.2) is 35.0 Å². The van der Waals surface area contributed by atoms with Gasteiger partial charge in [-0.15, -0.1) is 0 Å². The van der Waals surface area contributed by atoms with Crippen molar-refractivity contribution in [2.24, 2.45) is 0 Å². The molecule has 3 aromatic carbocycles. The molecule has 1 atom stereocenters. The van der Waals surface area contributed by atoms with Crippen LogP contribution in [-0.2, 0) is 22.6 Å². The second kappa shape index (κ2) is 9.39. The molecule has 0 spiro atoms. The van der Waals surface area contributed by atoms with Crippen LogP contribution in [0.3, 0.4) is 0 Å². The van der Waals surface area contributed by atoms with Gasteiger partial charge in [-0.3, -0.25) is 19.1 Å². The van der Waals surface area contributed by atoms with E-state index >= 15 is 0 Å². The molecule has 1 N–H and O–H groups in total. The summed E-state index contributed by atoms with van der Waals surface area (Å²) in [4.78, 5) is 32.7. The van der Waals surface area contributed by atoms with Gasteiger partial charge in [0.15, 0.2) is 0 Å². The van der Waals surface area contributed by atoms with Gasteiger partial charge in [-0.1, -0.05) is 54.6 Å². The number of carbonyl (C=O) groups excluding carboxylic acids is 2. The number of benzene rings is 3. The monoisotopic (exact) mass is 454 g/mol. The van der Waals surface area contributed by atoms with E-state index in [0.29, 0.717) is 19.0 Å². The average molecular weight is 455 g/mol. The molecule has 0 fully saturated rings. The van der Waals surface area contributed by atoms with E-state index in [1.165, 1.54) is 0 Å². The molecule has 7 heteroatoms. The number of hydrogen-bond donors (Lipinski definition) is 1. The first-order valence-electron chi connectivity index (χ1n) is 11.4. The van der Waals surface area contributed by atoms with Crippen molar-refractivity contribution in [3.05, 3.63) is 90.0 Å². The summed E-state index contributed by atoms with van der Waals surface area (Å²) in [5, 5.41) is 2.97. The Bertz CT molecular complexity index is 1310. The first-order valence-corrected chi connectivity index (χ1v) is 11.4. The Morgan fingerprint density at radius 2 is 1.71 bits per heavy atom. The maximum absolute atomic E-state index is 13.5. The lowest BCUT2D eigenvalue weighted by atomic mass is 10.1. The number of hydrogen-bond acceptors (Lipinski definition) is 4. The number of nitrogens with one attached hydrogen (secondary N) is 1. The van der Waals surface area contributed by atoms with Gasteiger partial charge in [0.05, 0.1) is 31.1 Å². The Morgan fingerprint density at radius 1 is 0.971 bits per heavy atom. The molecule has 2 amide bonds. The molecule has 1 aromatic heterocycles. The first-order chi connectivity index (χ1) is 16.6. The van der Waals surface area contributed by atoms with E-state index in [0.717, 1.165) is 34.3 Å². The Kier molecular flexibility index (Phi) is 5.99. The summed E-state index contributed by atoms with van der Waals surface area (Å²) in [6.45, 7) is 0.898. The van der Waals surface area contributed by atoms with E-state index in [9.17, 15) is 9.59 Å². The minimum atomic E-state index is -0.627. The van der Waals surface area contributed by atoms with Gasteiger partial charge in [-0.2, -0.15) is 0 Å². The van der Waals surface area contributed by atoms with Crippen molar-refractivity contribution in [1.29, 1.82) is 0 Å². The zero-order valence-corrected chi connectivity index (χ0v) is 19.0. The molecule has 2 heterocycles. The van der Waals surface area contributed by atoms with Crippen LogP contribution in [0.2, 0.25) is 0 Å². The van der Waals surface area contributed by atoms with E-state index in [-0.39, 0.29) is 18.2 Å². The summed E-state index contributed by atoms with van der Waals surface area (Å²) in [6.07, 6.45) is 0.814. The highest BCUT2D eigenvalue weighted by Crippen LogP contribution is 2.37. The molecule has 1 aliphatic rings. The van der Waals surface area contributed by atoms with Gasteiger partial charge in [0.25, 0.3) is 5.91 Å². The summed E-state index contributed by atoms with van der Waals surface area (Å²) in [5.41, 5.74) is 3.78. The van der Waals surface area contributed by atoms with Crippen LogP contribution in [0.5, 0.6) is 5.75 Å². The molecule has 0 saturated carbocycles. The molecule has 0 aliphatic carbocycles. The number of imidazole rings is 1. The lowest BCUT2D eigenvalue weighted by molar-refractivity contribution is -0.127. The van der Waals surface area contributed by atoms with Crippen LogP contribution in [0.1, 0.15) is 23.6 Å². The molecular weight excluding hydrogens is 428 g/mol. The third kappa shape index (κ3) is 4.24. The number of carbonyl (C=O) groups is 2. The second-order valence-corrected chi connectivity index (χ2v) is 8.35. The molecule has 34 heavy (non-hydrogen) atoms. The lowest BCUT2D eigenvalue weighted by Gasteiger charge is -2.16. The van der Waals surface area contributed by atoms with Crippen molar-refractivity contribution in [2.75, 3.05) is 18.6 Å². The maximum atomic E-state index is 13.5. The van der Waals surface area contributed by atoms with Gasteiger partial charge < -0.3 is 10.1 Å². The molecule has 5 rings (SSSR count). The molecule has 0 bridgehead atoms. The Morgan fingerprint density at radius 3 is 2.47 bits per heavy atom. The van der Waals surface area contributed by atoms with E-state index in [1.807, 2.05) is 83.4 Å². The lowest BCUT2D eigenvalue weighted by Crippen LogP contribution is -2.33. The number of fused-ring (bicyclic) bond motifs is 3. The van der Waals surface area contributed by atoms with E-state index < -0.39 is 6.04 Å². The number of rotatable bonds is 8. The first kappa shape index (κ1) is 21.7. The number of ether oxygens (including phenoxy) is 1. The van der Waals surface area contributed by atoms with Crippen LogP contribution in [0.25, 0.3) is 11.0 Å². The van der Waals surface area contributed by atoms with Crippen molar-refractivity contribution in [3.8, 4) is 5.75 Å². The molecular formula is C27H26N4O3. The number of nitrogens with zero attached hydrogens (tertiary/aromatic N) is 3. The van der Waals surface area contributed by atoms with Gasteiger partial charge in [0.2, 0.25) is 11.9 Å². The normalized spacial score (nSPS) is 14.9. The second-order valence-electron chi connectivity index (χ2n) is 8.35. The van der Waals surface area contributed by atoms with E-state index in [1.54, 1.807) is 12.0 Å². The predicted molar refractivity (Wildman–Crippen MR) is 131 cm³/mol. The average Bonchev–Trinajstić information content (AvgIpc) is 3.36. The van der Waals surface area contributed by atoms with Crippen molar-refractivity contribution >= 4 is 28.8 Å². The van der Waals surface area contributed by atoms with Crippen LogP contribution in [0.15, 0.2) is 78.9 Å². The van der Waals surface area contributed by atoms with Crippen LogP contribution in [0, 0.1) is 0 Å². The van der Waals surface area contributed by atoms with Gasteiger partial charge in [0.1, 0.15) is 11.8 Å². The maximum Gasteiger partial charge on any atom is 0.253 e. The topological polar surface area (TPSA) is 76.5 Å². The fourth-order valence-electron chi connectivity index (χ4n) is 4.40. The van der Waals surface area contributed by atoms with Crippen molar-refractivity contribution in [2.45, 2.75) is 25.4 Å². The predicted octanol–water partition coefficient (Wildman–Crippen LogP) is 3.88. The quantitative estimate of drug-likeness (QED) is 0.438. The summed E-state index contributed by atoms with van der Waals surface area (Å²) >= 11 is 0. The standard InChI is InChI=1S/C27H26N4O3/c1-34-21-13-11-20(12-14-21)18-30-26(33)24(31-23-10-6-5-9-22(23)29-27(30)31)17-25(32)28-16-15-19-7-3-2-4-8-19/h2-14,24H,15-18H2,1H3,(H,28,32)/t24-/m0/s1. The molecule has 1 aliphatic heterocycles.